The zero-order valence-corrected chi connectivity index (χ0v) is 15.9. The number of anilines is 1. The molecule has 0 aliphatic carbocycles. The second-order valence-electron chi connectivity index (χ2n) is 6.76. The predicted molar refractivity (Wildman–Crippen MR) is 106 cm³/mol. The average Bonchev–Trinajstić information content (AvgIpc) is 2.62. The zero-order valence-electron chi connectivity index (χ0n) is 15.9. The van der Waals surface area contributed by atoms with Gasteiger partial charge in [0.15, 0.2) is 0 Å². The second-order valence-corrected chi connectivity index (χ2v) is 6.76. The highest BCUT2D eigenvalue weighted by atomic mass is 16.5. The molecule has 0 aromatic heterocycles. The molecule has 2 aromatic rings. The van der Waals surface area contributed by atoms with Crippen LogP contribution < -0.4 is 14.8 Å². The summed E-state index contributed by atoms with van der Waals surface area (Å²) in [5.41, 5.74) is 2.41. The van der Waals surface area contributed by atoms with Crippen molar-refractivity contribution in [2.45, 2.75) is 52.6 Å². The first kappa shape index (κ1) is 19.2. The molecule has 0 radical (unpaired) electrons. The van der Waals surface area contributed by atoms with E-state index in [4.69, 9.17) is 9.47 Å². The van der Waals surface area contributed by atoms with Gasteiger partial charge in [-0.25, -0.2) is 0 Å². The molecule has 3 heteroatoms. The average molecular weight is 341 g/mol. The number of unbranched alkanes of at least 4 members (excludes halogenated alkanes) is 1. The van der Waals surface area contributed by atoms with Crippen molar-refractivity contribution in [2.75, 3.05) is 18.5 Å². The maximum Gasteiger partial charge on any atom is 0.119 e. The number of hydrogen-bond acceptors (Lipinski definition) is 3. The first-order valence-corrected chi connectivity index (χ1v) is 9.31. The summed E-state index contributed by atoms with van der Waals surface area (Å²) in [5.74, 6) is 2.38. The molecule has 0 fully saturated rings. The first-order valence-electron chi connectivity index (χ1n) is 9.31. The fourth-order valence-corrected chi connectivity index (χ4v) is 2.47. The van der Waals surface area contributed by atoms with E-state index in [1.807, 2.05) is 36.4 Å². The Morgan fingerprint density at radius 2 is 1.52 bits per heavy atom. The van der Waals surface area contributed by atoms with E-state index >= 15 is 0 Å². The van der Waals surface area contributed by atoms with E-state index in [1.54, 1.807) is 0 Å². The molecule has 0 spiro atoms. The van der Waals surface area contributed by atoms with Crippen LogP contribution in [0.25, 0.3) is 0 Å². The second kappa shape index (κ2) is 9.97. The van der Waals surface area contributed by atoms with Crippen LogP contribution in [-0.2, 0) is 0 Å². The molecule has 0 saturated carbocycles. The molecule has 1 N–H and O–H groups in total. The van der Waals surface area contributed by atoms with Gasteiger partial charge in [-0.05, 0) is 61.2 Å². The van der Waals surface area contributed by atoms with Gasteiger partial charge in [0.25, 0.3) is 0 Å². The Hall–Kier alpha value is -2.16. The summed E-state index contributed by atoms with van der Waals surface area (Å²) in [6.07, 6.45) is 2.33. The van der Waals surface area contributed by atoms with E-state index in [-0.39, 0.29) is 6.10 Å². The Morgan fingerprint density at radius 1 is 0.880 bits per heavy atom. The molecule has 0 aliphatic heterocycles. The highest BCUT2D eigenvalue weighted by molar-refractivity contribution is 5.46. The maximum absolute atomic E-state index is 5.97. The number of ether oxygens (including phenoxy) is 2. The summed E-state index contributed by atoms with van der Waals surface area (Å²) in [7, 11) is 0. The summed E-state index contributed by atoms with van der Waals surface area (Å²) < 4.78 is 11.7. The van der Waals surface area contributed by atoms with Crippen LogP contribution in [0.5, 0.6) is 11.5 Å². The Morgan fingerprint density at radius 3 is 2.12 bits per heavy atom. The summed E-state index contributed by atoms with van der Waals surface area (Å²) in [4.78, 5) is 0. The monoisotopic (exact) mass is 341 g/mol. The van der Waals surface area contributed by atoms with E-state index < -0.39 is 0 Å². The largest absolute Gasteiger partial charge is 0.494 e. The standard InChI is InChI=1S/C22H31NO2/c1-5-6-15-24-21-13-9-20(10-14-21)23-16-18(4)25-22-11-7-19(8-12-22)17(2)3/h7-14,17-18,23H,5-6,15-16H2,1-4H3. The van der Waals surface area contributed by atoms with Gasteiger partial charge in [-0.2, -0.15) is 0 Å². The van der Waals surface area contributed by atoms with Gasteiger partial charge in [-0.15, -0.1) is 0 Å². The van der Waals surface area contributed by atoms with Crippen molar-refractivity contribution in [1.82, 2.24) is 0 Å². The minimum Gasteiger partial charge on any atom is -0.494 e. The van der Waals surface area contributed by atoms with Crippen molar-refractivity contribution in [2.24, 2.45) is 0 Å². The smallest absolute Gasteiger partial charge is 0.119 e. The zero-order chi connectivity index (χ0) is 18.1. The molecule has 0 amide bonds. The summed E-state index contributed by atoms with van der Waals surface area (Å²) in [5, 5.41) is 3.41. The van der Waals surface area contributed by atoms with E-state index in [0.29, 0.717) is 5.92 Å². The van der Waals surface area contributed by atoms with Crippen LogP contribution in [0.4, 0.5) is 5.69 Å². The fraction of sp³-hybridized carbons (Fsp3) is 0.455. The third-order valence-corrected chi connectivity index (χ3v) is 4.10. The van der Waals surface area contributed by atoms with E-state index in [2.05, 4.69) is 45.1 Å². The van der Waals surface area contributed by atoms with Gasteiger partial charge in [0.2, 0.25) is 0 Å². The van der Waals surface area contributed by atoms with Crippen molar-refractivity contribution in [3.63, 3.8) is 0 Å². The molecule has 2 aromatic carbocycles. The van der Waals surface area contributed by atoms with Crippen molar-refractivity contribution >= 4 is 5.69 Å². The molecule has 0 saturated heterocycles. The third kappa shape index (κ3) is 6.69. The third-order valence-electron chi connectivity index (χ3n) is 4.10. The highest BCUT2D eigenvalue weighted by Gasteiger charge is 2.05. The number of rotatable bonds is 10. The van der Waals surface area contributed by atoms with Crippen molar-refractivity contribution in [1.29, 1.82) is 0 Å². The molecule has 25 heavy (non-hydrogen) atoms. The fourth-order valence-electron chi connectivity index (χ4n) is 2.47. The Bertz CT molecular complexity index is 605. The lowest BCUT2D eigenvalue weighted by atomic mass is 10.0. The van der Waals surface area contributed by atoms with E-state index in [1.165, 1.54) is 5.56 Å². The number of hydrogen-bond donors (Lipinski definition) is 1. The Kier molecular flexibility index (Phi) is 7.65. The summed E-state index contributed by atoms with van der Waals surface area (Å²) in [6, 6.07) is 16.5. The van der Waals surface area contributed by atoms with Gasteiger partial charge >= 0.3 is 0 Å². The Labute approximate surface area is 152 Å². The molecular formula is C22H31NO2. The summed E-state index contributed by atoms with van der Waals surface area (Å²) in [6.45, 7) is 10.2. The lowest BCUT2D eigenvalue weighted by molar-refractivity contribution is 0.234. The van der Waals surface area contributed by atoms with Gasteiger partial charge in [-0.1, -0.05) is 39.3 Å². The van der Waals surface area contributed by atoms with Gasteiger partial charge in [0, 0.05) is 5.69 Å². The van der Waals surface area contributed by atoms with Crippen LogP contribution >= 0.6 is 0 Å². The van der Waals surface area contributed by atoms with E-state index in [0.717, 1.165) is 43.2 Å². The molecule has 136 valence electrons. The van der Waals surface area contributed by atoms with Gasteiger partial charge in [-0.3, -0.25) is 0 Å². The molecular weight excluding hydrogens is 310 g/mol. The molecule has 1 unspecified atom stereocenters. The highest BCUT2D eigenvalue weighted by Crippen LogP contribution is 2.20. The van der Waals surface area contributed by atoms with Crippen LogP contribution in [0.3, 0.4) is 0 Å². The normalized spacial score (nSPS) is 12.0. The molecule has 0 heterocycles. The van der Waals surface area contributed by atoms with Crippen LogP contribution in [0.1, 0.15) is 52.0 Å². The summed E-state index contributed by atoms with van der Waals surface area (Å²) >= 11 is 0. The lowest BCUT2D eigenvalue weighted by Crippen LogP contribution is -2.22. The van der Waals surface area contributed by atoms with Crippen molar-refractivity contribution in [3.05, 3.63) is 54.1 Å². The minimum atomic E-state index is 0.0883. The number of benzene rings is 2. The molecule has 1 atom stereocenters. The van der Waals surface area contributed by atoms with Crippen LogP contribution in [0, 0.1) is 0 Å². The van der Waals surface area contributed by atoms with Gasteiger partial charge in [0.1, 0.15) is 17.6 Å². The van der Waals surface area contributed by atoms with Crippen LogP contribution in [0.15, 0.2) is 48.5 Å². The van der Waals surface area contributed by atoms with Crippen LogP contribution in [0.2, 0.25) is 0 Å². The molecule has 0 aliphatic rings. The molecule has 0 bridgehead atoms. The topological polar surface area (TPSA) is 30.5 Å². The molecule has 3 nitrogen and oxygen atoms in total. The molecule has 2 rings (SSSR count). The maximum atomic E-state index is 5.97. The SMILES string of the molecule is CCCCOc1ccc(NCC(C)Oc2ccc(C(C)C)cc2)cc1. The predicted octanol–water partition coefficient (Wildman–Crippen LogP) is 5.87. The first-order chi connectivity index (χ1) is 12.1. The van der Waals surface area contributed by atoms with Crippen molar-refractivity contribution < 1.29 is 9.47 Å². The van der Waals surface area contributed by atoms with E-state index in [9.17, 15) is 0 Å². The van der Waals surface area contributed by atoms with Gasteiger partial charge < -0.3 is 14.8 Å². The minimum absolute atomic E-state index is 0.0883. The van der Waals surface area contributed by atoms with Crippen LogP contribution in [-0.4, -0.2) is 19.3 Å². The van der Waals surface area contributed by atoms with Crippen molar-refractivity contribution in [3.8, 4) is 11.5 Å². The Balaban J connectivity index is 1.76. The quantitative estimate of drug-likeness (QED) is 0.548. The lowest BCUT2D eigenvalue weighted by Gasteiger charge is -2.17. The number of nitrogens with one attached hydrogen (secondary N) is 1. The van der Waals surface area contributed by atoms with Gasteiger partial charge in [0.05, 0.1) is 13.2 Å².